The molecule has 0 amide bonds. The van der Waals surface area contributed by atoms with Gasteiger partial charge in [-0.25, -0.2) is 9.78 Å². The Morgan fingerprint density at radius 2 is 2.16 bits per heavy atom. The minimum atomic E-state index is -3.90. The van der Waals surface area contributed by atoms with E-state index in [4.69, 9.17) is 4.74 Å². The summed E-state index contributed by atoms with van der Waals surface area (Å²) in [6.45, 7) is 0. The number of aliphatic carboxylic acids is 1. The molecule has 2 heterocycles. The first-order valence-electron chi connectivity index (χ1n) is 7.45. The highest BCUT2D eigenvalue weighted by Crippen LogP contribution is 2.40. The number of hydrogen-bond acceptors (Lipinski definition) is 6. The summed E-state index contributed by atoms with van der Waals surface area (Å²) < 4.78 is 32.0. The molecule has 0 aliphatic carbocycles. The van der Waals surface area contributed by atoms with E-state index >= 15 is 0 Å². The van der Waals surface area contributed by atoms with E-state index in [1.54, 1.807) is 24.3 Å². The number of carboxylic acid groups (broad SMARTS) is 1. The van der Waals surface area contributed by atoms with Crippen molar-refractivity contribution in [2.24, 2.45) is 0 Å². The summed E-state index contributed by atoms with van der Waals surface area (Å²) >= 11 is 0. The van der Waals surface area contributed by atoms with Crippen LogP contribution < -0.4 is 14.4 Å². The molecule has 2 aromatic rings. The van der Waals surface area contributed by atoms with Crippen molar-refractivity contribution in [2.45, 2.75) is 17.5 Å². The number of carbonyl (C=O) groups is 1. The third-order valence-electron chi connectivity index (χ3n) is 4.05. The zero-order valence-electron chi connectivity index (χ0n) is 13.6. The quantitative estimate of drug-likeness (QED) is 0.825. The number of ether oxygens (including phenoxy) is 1. The number of methoxy groups -OCH3 is 1. The third-order valence-corrected chi connectivity index (χ3v) is 5.74. The Balaban J connectivity index is 2.09. The number of sulfonamides is 1. The summed E-state index contributed by atoms with van der Waals surface area (Å²) in [7, 11) is -1.03. The zero-order valence-corrected chi connectivity index (χ0v) is 14.4. The molecule has 1 aliphatic heterocycles. The number of fused-ring (bicyclic) bond motifs is 1. The van der Waals surface area contributed by atoms with Crippen molar-refractivity contribution >= 4 is 27.4 Å². The number of nitrogens with one attached hydrogen (secondary N) is 1. The summed E-state index contributed by atoms with van der Waals surface area (Å²) in [5.41, 5.74) is 1.46. The molecule has 2 N–H and O–H groups in total. The number of pyridine rings is 1. The molecular formula is C16H17N3O5S. The maximum absolute atomic E-state index is 12.8. The molecule has 3 rings (SSSR count). The monoisotopic (exact) mass is 363 g/mol. The first-order valence-corrected chi connectivity index (χ1v) is 8.89. The van der Waals surface area contributed by atoms with E-state index < -0.39 is 22.0 Å². The lowest BCUT2D eigenvalue weighted by atomic mass is 10.1. The van der Waals surface area contributed by atoms with Gasteiger partial charge < -0.3 is 15.2 Å². The van der Waals surface area contributed by atoms with Crippen LogP contribution in [0, 0.1) is 0 Å². The molecule has 0 bridgehead atoms. The fraction of sp³-hybridized carbons (Fsp3) is 0.250. The number of carboxylic acids is 1. The highest BCUT2D eigenvalue weighted by Gasteiger charge is 2.33. The van der Waals surface area contributed by atoms with Crippen LogP contribution in [0.25, 0.3) is 0 Å². The van der Waals surface area contributed by atoms with Crippen molar-refractivity contribution in [3.05, 3.63) is 42.1 Å². The van der Waals surface area contributed by atoms with Crippen LogP contribution in [0.5, 0.6) is 5.75 Å². The van der Waals surface area contributed by atoms with E-state index in [-0.39, 0.29) is 11.4 Å². The van der Waals surface area contributed by atoms with Crippen molar-refractivity contribution in [1.82, 2.24) is 4.98 Å². The van der Waals surface area contributed by atoms with Crippen molar-refractivity contribution in [3.63, 3.8) is 0 Å². The van der Waals surface area contributed by atoms with Crippen LogP contribution in [-0.4, -0.2) is 44.7 Å². The van der Waals surface area contributed by atoms with Gasteiger partial charge in [0.25, 0.3) is 10.0 Å². The molecule has 9 heteroatoms. The van der Waals surface area contributed by atoms with Gasteiger partial charge in [-0.2, -0.15) is 8.42 Å². The molecule has 0 saturated heterocycles. The first-order chi connectivity index (χ1) is 11.8. The van der Waals surface area contributed by atoms with Crippen molar-refractivity contribution in [3.8, 4) is 5.75 Å². The van der Waals surface area contributed by atoms with Gasteiger partial charge in [-0.1, -0.05) is 6.07 Å². The first kappa shape index (κ1) is 17.0. The fourth-order valence-corrected chi connectivity index (χ4v) is 3.84. The van der Waals surface area contributed by atoms with Gasteiger partial charge in [-0.15, -0.1) is 0 Å². The minimum Gasteiger partial charge on any atom is -0.497 e. The van der Waals surface area contributed by atoms with Crippen LogP contribution in [0.1, 0.15) is 5.56 Å². The van der Waals surface area contributed by atoms with Gasteiger partial charge in [0.1, 0.15) is 11.8 Å². The predicted octanol–water partition coefficient (Wildman–Crippen LogP) is 1.34. The second-order valence-corrected chi connectivity index (χ2v) is 7.48. The lowest BCUT2D eigenvalue weighted by Gasteiger charge is -2.22. The predicted molar refractivity (Wildman–Crippen MR) is 91.6 cm³/mol. The number of anilines is 2. The van der Waals surface area contributed by atoms with Crippen LogP contribution in [0.2, 0.25) is 0 Å². The van der Waals surface area contributed by atoms with Crippen LogP contribution >= 0.6 is 0 Å². The molecule has 0 saturated carbocycles. The standard InChI is InChI=1S/C16H17N3O5S/c1-19(25(22,23)14-5-3-4-6-17-14)13-9-11(24-2)7-10-8-12(16(20)21)18-15(10)13/h3-7,9,12,18H,8H2,1-2H3,(H,20,21). The topological polar surface area (TPSA) is 109 Å². The van der Waals surface area contributed by atoms with Crippen LogP contribution in [0.15, 0.2) is 41.6 Å². The van der Waals surface area contributed by atoms with Crippen LogP contribution in [0.4, 0.5) is 11.4 Å². The molecule has 1 atom stereocenters. The summed E-state index contributed by atoms with van der Waals surface area (Å²) in [5.74, 6) is -0.555. The highest BCUT2D eigenvalue weighted by atomic mass is 32.2. The molecule has 132 valence electrons. The molecular weight excluding hydrogens is 346 g/mol. The molecule has 1 aromatic carbocycles. The van der Waals surface area contributed by atoms with E-state index in [0.29, 0.717) is 22.7 Å². The Kier molecular flexibility index (Phi) is 4.25. The zero-order chi connectivity index (χ0) is 18.2. The molecule has 1 unspecified atom stereocenters. The molecule has 0 radical (unpaired) electrons. The summed E-state index contributed by atoms with van der Waals surface area (Å²) in [6.07, 6.45) is 1.64. The Morgan fingerprint density at radius 1 is 1.40 bits per heavy atom. The van der Waals surface area contributed by atoms with E-state index in [2.05, 4.69) is 10.3 Å². The summed E-state index contributed by atoms with van der Waals surface area (Å²) in [5, 5.41) is 12.0. The average molecular weight is 363 g/mol. The largest absolute Gasteiger partial charge is 0.497 e. The second kappa shape index (κ2) is 6.25. The maximum atomic E-state index is 12.8. The number of aromatic nitrogens is 1. The number of nitrogens with zero attached hydrogens (tertiary/aromatic N) is 2. The fourth-order valence-electron chi connectivity index (χ4n) is 2.71. The average Bonchev–Trinajstić information content (AvgIpc) is 3.05. The van der Waals surface area contributed by atoms with Gasteiger partial charge in [0, 0.05) is 25.7 Å². The van der Waals surface area contributed by atoms with Crippen molar-refractivity contribution in [1.29, 1.82) is 0 Å². The van der Waals surface area contributed by atoms with Gasteiger partial charge in [-0.3, -0.25) is 4.31 Å². The Labute approximate surface area is 145 Å². The summed E-state index contributed by atoms with van der Waals surface area (Å²) in [4.78, 5) is 15.2. The van der Waals surface area contributed by atoms with E-state index in [1.165, 1.54) is 26.4 Å². The molecule has 0 spiro atoms. The van der Waals surface area contributed by atoms with Gasteiger partial charge in [0.15, 0.2) is 5.03 Å². The minimum absolute atomic E-state index is 0.0955. The normalized spacial score (nSPS) is 16.0. The molecule has 25 heavy (non-hydrogen) atoms. The number of hydrogen-bond donors (Lipinski definition) is 2. The molecule has 1 aromatic heterocycles. The van der Waals surface area contributed by atoms with Crippen molar-refractivity contribution < 1.29 is 23.1 Å². The lowest BCUT2D eigenvalue weighted by Crippen LogP contribution is -2.29. The van der Waals surface area contributed by atoms with Crippen molar-refractivity contribution in [2.75, 3.05) is 23.8 Å². The van der Waals surface area contributed by atoms with Gasteiger partial charge >= 0.3 is 5.97 Å². The molecule has 0 fully saturated rings. The van der Waals surface area contributed by atoms with Crippen LogP contribution in [-0.2, 0) is 21.2 Å². The van der Waals surface area contributed by atoms with Gasteiger partial charge in [0.05, 0.1) is 18.5 Å². The molecule has 1 aliphatic rings. The van der Waals surface area contributed by atoms with E-state index in [1.807, 2.05) is 0 Å². The molecule has 8 nitrogen and oxygen atoms in total. The Hall–Kier alpha value is -2.81. The second-order valence-electron chi connectivity index (χ2n) is 5.56. The van der Waals surface area contributed by atoms with Gasteiger partial charge in [-0.05, 0) is 23.8 Å². The van der Waals surface area contributed by atoms with Crippen LogP contribution in [0.3, 0.4) is 0 Å². The maximum Gasteiger partial charge on any atom is 0.326 e. The lowest BCUT2D eigenvalue weighted by molar-refractivity contribution is -0.137. The van der Waals surface area contributed by atoms with E-state index in [9.17, 15) is 18.3 Å². The number of benzene rings is 1. The third kappa shape index (κ3) is 2.98. The smallest absolute Gasteiger partial charge is 0.326 e. The summed E-state index contributed by atoms with van der Waals surface area (Å²) in [6, 6.07) is 7.06. The Bertz CT molecular complexity index is 915. The Morgan fingerprint density at radius 3 is 2.76 bits per heavy atom. The van der Waals surface area contributed by atoms with E-state index in [0.717, 1.165) is 4.31 Å². The highest BCUT2D eigenvalue weighted by molar-refractivity contribution is 7.92. The SMILES string of the molecule is COc1cc2c(c(N(C)S(=O)(=O)c3ccccn3)c1)NC(C(=O)O)C2. The van der Waals surface area contributed by atoms with Gasteiger partial charge in [0.2, 0.25) is 0 Å². The number of rotatable bonds is 5.